The van der Waals surface area contributed by atoms with E-state index in [1.54, 1.807) is 0 Å². The average Bonchev–Trinajstić information content (AvgIpc) is 2.86. The Morgan fingerprint density at radius 3 is 2.53 bits per heavy atom. The van der Waals surface area contributed by atoms with E-state index in [0.717, 1.165) is 24.1 Å². The molecule has 1 aliphatic carbocycles. The van der Waals surface area contributed by atoms with Crippen molar-refractivity contribution in [2.45, 2.75) is 64.7 Å². The number of nitrogens with zero attached hydrogens (tertiary/aromatic N) is 2. The Bertz CT molecular complexity index is 380. The molecule has 1 heterocycles. The van der Waals surface area contributed by atoms with Crippen LogP contribution in [0.15, 0.2) is 4.52 Å². The SMILES string of the molecule is CC(C)CC(CN)c1nc(C2CCC(C)CC2)no1. The minimum Gasteiger partial charge on any atom is -0.339 e. The van der Waals surface area contributed by atoms with Gasteiger partial charge in [-0.1, -0.05) is 38.8 Å². The van der Waals surface area contributed by atoms with Gasteiger partial charge in [0, 0.05) is 12.5 Å². The molecule has 1 aliphatic rings. The summed E-state index contributed by atoms with van der Waals surface area (Å²) in [6.07, 6.45) is 5.96. The molecule has 19 heavy (non-hydrogen) atoms. The lowest BCUT2D eigenvalue weighted by molar-refractivity contribution is 0.313. The summed E-state index contributed by atoms with van der Waals surface area (Å²) >= 11 is 0. The van der Waals surface area contributed by atoms with Crippen LogP contribution in [0.25, 0.3) is 0 Å². The van der Waals surface area contributed by atoms with Gasteiger partial charge in [-0.3, -0.25) is 0 Å². The molecule has 4 heteroatoms. The molecule has 1 atom stereocenters. The van der Waals surface area contributed by atoms with Crippen LogP contribution in [0.5, 0.6) is 0 Å². The molecular weight excluding hydrogens is 238 g/mol. The normalized spacial score (nSPS) is 25.7. The third-order valence-corrected chi connectivity index (χ3v) is 4.23. The number of hydrogen-bond acceptors (Lipinski definition) is 4. The van der Waals surface area contributed by atoms with Crippen LogP contribution in [0.3, 0.4) is 0 Å². The van der Waals surface area contributed by atoms with Crippen LogP contribution < -0.4 is 5.73 Å². The zero-order chi connectivity index (χ0) is 13.8. The predicted octanol–water partition coefficient (Wildman–Crippen LogP) is 3.45. The van der Waals surface area contributed by atoms with E-state index in [-0.39, 0.29) is 5.92 Å². The Hall–Kier alpha value is -0.900. The molecule has 4 nitrogen and oxygen atoms in total. The highest BCUT2D eigenvalue weighted by Gasteiger charge is 2.26. The maximum Gasteiger partial charge on any atom is 0.231 e. The lowest BCUT2D eigenvalue weighted by Gasteiger charge is -2.23. The molecule has 108 valence electrons. The summed E-state index contributed by atoms with van der Waals surface area (Å²) in [7, 11) is 0. The summed E-state index contributed by atoms with van der Waals surface area (Å²) in [6, 6.07) is 0. The van der Waals surface area contributed by atoms with E-state index in [0.29, 0.717) is 18.4 Å². The van der Waals surface area contributed by atoms with Gasteiger partial charge in [-0.25, -0.2) is 0 Å². The van der Waals surface area contributed by atoms with Crippen molar-refractivity contribution >= 4 is 0 Å². The zero-order valence-electron chi connectivity index (χ0n) is 12.4. The molecule has 0 saturated heterocycles. The van der Waals surface area contributed by atoms with Crippen LogP contribution in [0.2, 0.25) is 0 Å². The van der Waals surface area contributed by atoms with Crippen molar-refractivity contribution in [2.24, 2.45) is 17.6 Å². The Morgan fingerprint density at radius 2 is 1.95 bits per heavy atom. The number of aromatic nitrogens is 2. The minimum absolute atomic E-state index is 0.212. The van der Waals surface area contributed by atoms with Crippen molar-refractivity contribution in [3.8, 4) is 0 Å². The molecule has 0 bridgehead atoms. The molecule has 0 radical (unpaired) electrons. The van der Waals surface area contributed by atoms with Crippen molar-refractivity contribution in [1.82, 2.24) is 10.1 Å². The Balaban J connectivity index is 2.01. The van der Waals surface area contributed by atoms with Crippen LogP contribution in [-0.2, 0) is 0 Å². The molecule has 0 aliphatic heterocycles. The standard InChI is InChI=1S/C15H27N3O/c1-10(2)8-13(9-16)15-17-14(18-19-15)12-6-4-11(3)5-7-12/h10-13H,4-9,16H2,1-3H3. The van der Waals surface area contributed by atoms with E-state index in [1.807, 2.05) is 0 Å². The predicted molar refractivity (Wildman–Crippen MR) is 75.9 cm³/mol. The molecule has 2 N–H and O–H groups in total. The van der Waals surface area contributed by atoms with Gasteiger partial charge in [0.15, 0.2) is 5.82 Å². The third kappa shape index (κ3) is 3.78. The molecule has 1 aromatic rings. The maximum atomic E-state index is 5.83. The summed E-state index contributed by atoms with van der Waals surface area (Å²) < 4.78 is 5.46. The first-order chi connectivity index (χ1) is 9.10. The van der Waals surface area contributed by atoms with E-state index < -0.39 is 0 Å². The highest BCUT2D eigenvalue weighted by Crippen LogP contribution is 2.34. The van der Waals surface area contributed by atoms with Gasteiger partial charge in [0.2, 0.25) is 5.89 Å². The first-order valence-corrected chi connectivity index (χ1v) is 7.63. The second-order valence-corrected chi connectivity index (χ2v) is 6.51. The van der Waals surface area contributed by atoms with Gasteiger partial charge < -0.3 is 10.3 Å². The largest absolute Gasteiger partial charge is 0.339 e. The van der Waals surface area contributed by atoms with Gasteiger partial charge in [0.05, 0.1) is 5.92 Å². The minimum atomic E-state index is 0.212. The fraction of sp³-hybridized carbons (Fsp3) is 0.867. The summed E-state index contributed by atoms with van der Waals surface area (Å²) in [6.45, 7) is 7.30. The molecule has 0 aromatic carbocycles. The first kappa shape index (κ1) is 14.5. The molecular formula is C15H27N3O. The van der Waals surface area contributed by atoms with Crippen molar-refractivity contribution in [3.63, 3.8) is 0 Å². The van der Waals surface area contributed by atoms with E-state index in [4.69, 9.17) is 10.3 Å². The van der Waals surface area contributed by atoms with Crippen LogP contribution in [0.1, 0.15) is 76.4 Å². The van der Waals surface area contributed by atoms with Gasteiger partial charge in [0.25, 0.3) is 0 Å². The van der Waals surface area contributed by atoms with Crippen molar-refractivity contribution < 1.29 is 4.52 Å². The molecule has 2 rings (SSSR count). The van der Waals surface area contributed by atoms with Crippen molar-refractivity contribution in [2.75, 3.05) is 6.54 Å². The second kappa shape index (κ2) is 6.51. The summed E-state index contributed by atoms with van der Waals surface area (Å²) in [4.78, 5) is 4.63. The molecule has 0 amide bonds. The van der Waals surface area contributed by atoms with Gasteiger partial charge >= 0.3 is 0 Å². The lowest BCUT2D eigenvalue weighted by atomic mass is 9.83. The monoisotopic (exact) mass is 265 g/mol. The van der Waals surface area contributed by atoms with Crippen LogP contribution in [0.4, 0.5) is 0 Å². The van der Waals surface area contributed by atoms with E-state index >= 15 is 0 Å². The van der Waals surface area contributed by atoms with Crippen molar-refractivity contribution in [3.05, 3.63) is 11.7 Å². The lowest BCUT2D eigenvalue weighted by Crippen LogP contribution is -2.15. The highest BCUT2D eigenvalue weighted by molar-refractivity contribution is 5.01. The summed E-state index contributed by atoms with van der Waals surface area (Å²) in [5.74, 6) is 3.80. The quantitative estimate of drug-likeness (QED) is 0.885. The third-order valence-electron chi connectivity index (χ3n) is 4.23. The summed E-state index contributed by atoms with van der Waals surface area (Å²) in [5, 5.41) is 4.20. The molecule has 0 spiro atoms. The van der Waals surface area contributed by atoms with E-state index in [1.165, 1.54) is 25.7 Å². The topological polar surface area (TPSA) is 64.9 Å². The first-order valence-electron chi connectivity index (χ1n) is 7.63. The second-order valence-electron chi connectivity index (χ2n) is 6.51. The van der Waals surface area contributed by atoms with E-state index in [9.17, 15) is 0 Å². The van der Waals surface area contributed by atoms with Gasteiger partial charge in [-0.05, 0) is 31.1 Å². The Kier molecular flexibility index (Phi) is 4.97. The Labute approximate surface area is 116 Å². The van der Waals surface area contributed by atoms with Gasteiger partial charge in [-0.2, -0.15) is 4.98 Å². The number of rotatable bonds is 5. The van der Waals surface area contributed by atoms with Crippen molar-refractivity contribution in [1.29, 1.82) is 0 Å². The Morgan fingerprint density at radius 1 is 1.26 bits per heavy atom. The zero-order valence-corrected chi connectivity index (χ0v) is 12.4. The highest BCUT2D eigenvalue weighted by atomic mass is 16.5. The number of hydrogen-bond donors (Lipinski definition) is 1. The number of nitrogens with two attached hydrogens (primary N) is 1. The maximum absolute atomic E-state index is 5.83. The smallest absolute Gasteiger partial charge is 0.231 e. The van der Waals surface area contributed by atoms with Crippen LogP contribution >= 0.6 is 0 Å². The van der Waals surface area contributed by atoms with E-state index in [2.05, 4.69) is 30.9 Å². The average molecular weight is 265 g/mol. The van der Waals surface area contributed by atoms with Crippen LogP contribution in [0, 0.1) is 11.8 Å². The molecule has 1 aromatic heterocycles. The van der Waals surface area contributed by atoms with Gasteiger partial charge in [0.1, 0.15) is 0 Å². The van der Waals surface area contributed by atoms with Crippen LogP contribution in [-0.4, -0.2) is 16.7 Å². The fourth-order valence-corrected chi connectivity index (χ4v) is 2.96. The molecule has 1 unspecified atom stereocenters. The molecule has 1 fully saturated rings. The van der Waals surface area contributed by atoms with Gasteiger partial charge in [-0.15, -0.1) is 0 Å². The summed E-state index contributed by atoms with van der Waals surface area (Å²) in [5.41, 5.74) is 5.83. The molecule has 1 saturated carbocycles. The fourth-order valence-electron chi connectivity index (χ4n) is 2.96.